The normalized spacial score (nSPS) is 15.1. The number of nitrogens with zero attached hydrogens (tertiary/aromatic N) is 3. The van der Waals surface area contributed by atoms with Gasteiger partial charge >= 0.3 is 5.69 Å². The number of carbonyl (C=O) groups is 1. The Morgan fingerprint density at radius 2 is 1.92 bits per heavy atom. The van der Waals surface area contributed by atoms with E-state index < -0.39 is 11.2 Å². The van der Waals surface area contributed by atoms with Crippen LogP contribution in [0.2, 0.25) is 0 Å². The van der Waals surface area contributed by atoms with Crippen molar-refractivity contribution >= 4 is 16.9 Å². The number of aryl methyl sites for hydroxylation is 1. The van der Waals surface area contributed by atoms with Crippen molar-refractivity contribution < 1.29 is 4.79 Å². The molecule has 3 heterocycles. The van der Waals surface area contributed by atoms with Gasteiger partial charge in [0, 0.05) is 25.3 Å². The lowest BCUT2D eigenvalue weighted by Gasteiger charge is -2.27. The lowest BCUT2D eigenvalue weighted by molar-refractivity contribution is 0.0726. The van der Waals surface area contributed by atoms with Gasteiger partial charge in [-0.3, -0.25) is 19.1 Å². The molecule has 2 aromatic heterocycles. The van der Waals surface area contributed by atoms with E-state index in [0.717, 1.165) is 19.3 Å². The number of rotatable bonds is 3. The highest BCUT2D eigenvalue weighted by molar-refractivity contribution is 6.05. The molecule has 25 heavy (non-hydrogen) atoms. The summed E-state index contributed by atoms with van der Waals surface area (Å²) < 4.78 is 1.46. The summed E-state index contributed by atoms with van der Waals surface area (Å²) in [5, 5.41) is 0.210. The molecule has 1 fully saturated rings. The van der Waals surface area contributed by atoms with Crippen LogP contribution in [0.25, 0.3) is 11.0 Å². The number of hydrogen-bond acceptors (Lipinski definition) is 4. The zero-order valence-electron chi connectivity index (χ0n) is 15.0. The lowest BCUT2D eigenvalue weighted by atomic mass is 10.1. The molecule has 1 saturated heterocycles. The summed E-state index contributed by atoms with van der Waals surface area (Å²) in [6, 6.07) is 1.65. The third-order valence-corrected chi connectivity index (χ3v) is 4.50. The van der Waals surface area contributed by atoms with E-state index in [9.17, 15) is 14.4 Å². The van der Waals surface area contributed by atoms with Crippen LogP contribution in [0.15, 0.2) is 15.7 Å². The zero-order chi connectivity index (χ0) is 18.1. The van der Waals surface area contributed by atoms with Gasteiger partial charge in [-0.25, -0.2) is 9.78 Å². The number of carbonyl (C=O) groups excluding carboxylic acids is 1. The van der Waals surface area contributed by atoms with Crippen molar-refractivity contribution in [3.05, 3.63) is 38.2 Å². The molecule has 1 aliphatic rings. The Morgan fingerprint density at radius 1 is 1.24 bits per heavy atom. The van der Waals surface area contributed by atoms with E-state index in [2.05, 4.69) is 9.97 Å². The van der Waals surface area contributed by atoms with Crippen LogP contribution in [0.4, 0.5) is 0 Å². The molecule has 0 atom stereocenters. The van der Waals surface area contributed by atoms with E-state index >= 15 is 0 Å². The number of aromatic amines is 1. The molecule has 1 amide bonds. The van der Waals surface area contributed by atoms with Gasteiger partial charge in [-0.2, -0.15) is 0 Å². The summed E-state index contributed by atoms with van der Waals surface area (Å²) in [6.45, 7) is 7.58. The van der Waals surface area contributed by atoms with Gasteiger partial charge in [0.1, 0.15) is 0 Å². The van der Waals surface area contributed by atoms with Gasteiger partial charge < -0.3 is 4.90 Å². The molecule has 0 unspecified atom stereocenters. The van der Waals surface area contributed by atoms with Gasteiger partial charge in [0.15, 0.2) is 5.65 Å². The number of hydrogen-bond donors (Lipinski definition) is 1. The van der Waals surface area contributed by atoms with Crippen LogP contribution in [0.3, 0.4) is 0 Å². The fourth-order valence-electron chi connectivity index (χ4n) is 3.37. The number of nitrogens with one attached hydrogen (secondary N) is 1. The predicted molar refractivity (Wildman–Crippen MR) is 96.0 cm³/mol. The Morgan fingerprint density at radius 3 is 2.56 bits per heavy atom. The smallest absolute Gasteiger partial charge is 0.330 e. The first-order valence-corrected chi connectivity index (χ1v) is 8.82. The van der Waals surface area contributed by atoms with E-state index in [1.54, 1.807) is 17.9 Å². The average Bonchev–Trinajstić information content (AvgIpc) is 2.57. The SMILES string of the molecule is Cc1cc(C(=O)N2CCCCC2)c2c(=O)[nH]c(=O)n(CC(C)C)c2n1. The van der Waals surface area contributed by atoms with Crippen LogP contribution in [0.1, 0.15) is 49.2 Å². The fraction of sp³-hybridized carbons (Fsp3) is 0.556. The maximum atomic E-state index is 13.0. The molecule has 3 rings (SSSR count). The first-order chi connectivity index (χ1) is 11.9. The molecule has 2 aromatic rings. The van der Waals surface area contributed by atoms with Crippen molar-refractivity contribution in [1.29, 1.82) is 0 Å². The number of piperidine rings is 1. The molecule has 0 saturated carbocycles. The Kier molecular flexibility index (Phi) is 4.74. The lowest BCUT2D eigenvalue weighted by Crippen LogP contribution is -2.38. The molecule has 0 aliphatic carbocycles. The second kappa shape index (κ2) is 6.82. The minimum Gasteiger partial charge on any atom is -0.339 e. The summed E-state index contributed by atoms with van der Waals surface area (Å²) in [7, 11) is 0. The number of fused-ring (bicyclic) bond motifs is 1. The Hall–Kier alpha value is -2.44. The molecule has 0 spiro atoms. The molecule has 0 bridgehead atoms. The van der Waals surface area contributed by atoms with Gasteiger partial charge in [0.05, 0.1) is 10.9 Å². The minimum atomic E-state index is -0.548. The average molecular weight is 344 g/mol. The van der Waals surface area contributed by atoms with Crippen LogP contribution in [0, 0.1) is 12.8 Å². The summed E-state index contributed by atoms with van der Waals surface area (Å²) in [5.41, 5.74) is 0.217. The summed E-state index contributed by atoms with van der Waals surface area (Å²) in [6.07, 6.45) is 3.07. The third-order valence-electron chi connectivity index (χ3n) is 4.50. The van der Waals surface area contributed by atoms with Crippen molar-refractivity contribution in [3.63, 3.8) is 0 Å². The fourth-order valence-corrected chi connectivity index (χ4v) is 3.37. The second-order valence-corrected chi connectivity index (χ2v) is 7.13. The van der Waals surface area contributed by atoms with Gasteiger partial charge in [0.25, 0.3) is 11.5 Å². The highest BCUT2D eigenvalue weighted by Crippen LogP contribution is 2.19. The largest absolute Gasteiger partial charge is 0.339 e. The predicted octanol–water partition coefficient (Wildman–Crippen LogP) is 1.68. The third kappa shape index (κ3) is 3.36. The summed E-state index contributed by atoms with van der Waals surface area (Å²) in [5.74, 6) is 0.0470. The van der Waals surface area contributed by atoms with Crippen LogP contribution < -0.4 is 11.2 Å². The maximum absolute atomic E-state index is 13.0. The van der Waals surface area contributed by atoms with Gasteiger partial charge in [0.2, 0.25) is 0 Å². The molecular formula is C18H24N4O3. The highest BCUT2D eigenvalue weighted by Gasteiger charge is 2.24. The van der Waals surface area contributed by atoms with E-state index in [0.29, 0.717) is 36.5 Å². The maximum Gasteiger partial charge on any atom is 0.330 e. The zero-order valence-corrected chi connectivity index (χ0v) is 15.0. The Balaban J connectivity index is 2.24. The van der Waals surface area contributed by atoms with Crippen LogP contribution >= 0.6 is 0 Å². The molecule has 7 heteroatoms. The number of aromatic nitrogens is 3. The molecular weight excluding hydrogens is 320 g/mol. The number of amides is 1. The molecule has 1 aliphatic heterocycles. The van der Waals surface area contributed by atoms with Gasteiger partial charge in [-0.05, 0) is 38.2 Å². The van der Waals surface area contributed by atoms with Crippen molar-refractivity contribution in [2.75, 3.05) is 13.1 Å². The van der Waals surface area contributed by atoms with Crippen molar-refractivity contribution in [3.8, 4) is 0 Å². The minimum absolute atomic E-state index is 0.157. The highest BCUT2D eigenvalue weighted by atomic mass is 16.2. The van der Waals surface area contributed by atoms with E-state index in [4.69, 9.17) is 0 Å². The summed E-state index contributed by atoms with van der Waals surface area (Å²) in [4.78, 5) is 46.3. The standard InChI is InChI=1S/C18H24N4O3/c1-11(2)10-22-15-14(16(23)20-18(22)25)13(9-12(3)19-15)17(24)21-7-5-4-6-8-21/h9,11H,4-8,10H2,1-3H3,(H,20,23,25). The molecule has 1 N–H and O–H groups in total. The summed E-state index contributed by atoms with van der Waals surface area (Å²) >= 11 is 0. The van der Waals surface area contributed by atoms with Crippen LogP contribution in [-0.2, 0) is 6.54 Å². The van der Waals surface area contributed by atoms with Gasteiger partial charge in [-0.15, -0.1) is 0 Å². The Bertz CT molecular complexity index is 920. The second-order valence-electron chi connectivity index (χ2n) is 7.13. The molecule has 134 valence electrons. The van der Waals surface area contributed by atoms with Crippen molar-refractivity contribution in [2.45, 2.75) is 46.6 Å². The number of likely N-dealkylation sites (tertiary alicyclic amines) is 1. The number of H-pyrrole nitrogens is 1. The van der Waals surface area contributed by atoms with E-state index in [1.807, 2.05) is 13.8 Å². The molecule has 0 aromatic carbocycles. The van der Waals surface area contributed by atoms with Gasteiger partial charge in [-0.1, -0.05) is 13.8 Å². The first-order valence-electron chi connectivity index (χ1n) is 8.82. The van der Waals surface area contributed by atoms with Crippen molar-refractivity contribution in [1.82, 2.24) is 19.4 Å². The van der Waals surface area contributed by atoms with Crippen LogP contribution in [-0.4, -0.2) is 38.4 Å². The Labute approximate surface area is 145 Å². The van der Waals surface area contributed by atoms with Crippen molar-refractivity contribution in [2.24, 2.45) is 5.92 Å². The molecule has 7 nitrogen and oxygen atoms in total. The van der Waals surface area contributed by atoms with E-state index in [1.165, 1.54) is 4.57 Å². The molecule has 0 radical (unpaired) electrons. The van der Waals surface area contributed by atoms with Crippen LogP contribution in [0.5, 0.6) is 0 Å². The monoisotopic (exact) mass is 344 g/mol. The topological polar surface area (TPSA) is 88.1 Å². The first kappa shape index (κ1) is 17.4. The number of pyridine rings is 1. The van der Waals surface area contributed by atoms with E-state index in [-0.39, 0.29) is 17.2 Å². The quantitative estimate of drug-likeness (QED) is 0.917.